The number of nitrogens with zero attached hydrogens (tertiary/aromatic N) is 10. The number of hydrazine groups is 1. The van der Waals surface area contributed by atoms with Crippen molar-refractivity contribution in [1.82, 2.24) is 45.1 Å². The van der Waals surface area contributed by atoms with Gasteiger partial charge in [0.1, 0.15) is 11.8 Å². The molecule has 0 aromatic carbocycles. The first-order valence-electron chi connectivity index (χ1n) is 15.9. The van der Waals surface area contributed by atoms with Gasteiger partial charge >= 0.3 is 0 Å². The smallest absolute Gasteiger partial charge is 0.217 e. The lowest BCUT2D eigenvalue weighted by Crippen LogP contribution is -2.63. The van der Waals surface area contributed by atoms with Crippen LogP contribution in [0.2, 0.25) is 0 Å². The van der Waals surface area contributed by atoms with E-state index in [0.717, 1.165) is 63.1 Å². The number of anilines is 1. The fourth-order valence-corrected chi connectivity index (χ4v) is 6.68. The van der Waals surface area contributed by atoms with E-state index >= 15 is 0 Å². The number of aryl methyl sites for hydroxylation is 1. The lowest BCUT2D eigenvalue weighted by atomic mass is 9.85. The molecule has 236 valence electrons. The van der Waals surface area contributed by atoms with E-state index in [0.29, 0.717) is 38.1 Å². The number of nitrogens with one attached hydrogen (secondary N) is 3. The van der Waals surface area contributed by atoms with Crippen molar-refractivity contribution >= 4 is 11.6 Å². The fourth-order valence-electron chi connectivity index (χ4n) is 6.68. The predicted octanol–water partition coefficient (Wildman–Crippen LogP) is 1.27. The van der Waals surface area contributed by atoms with Crippen LogP contribution in [0, 0.1) is 28.1 Å². The molecule has 7 rings (SSSR count). The Morgan fingerprint density at radius 1 is 1.16 bits per heavy atom. The lowest BCUT2D eigenvalue weighted by Gasteiger charge is -2.52. The normalized spacial score (nSPS) is 24.0. The molecular weight excluding hydrogens is 570 g/mol. The lowest BCUT2D eigenvalue weighted by molar-refractivity contribution is -0.0258. The van der Waals surface area contributed by atoms with Gasteiger partial charge in [-0.15, -0.1) is 0 Å². The van der Waals surface area contributed by atoms with Gasteiger partial charge in [-0.2, -0.15) is 20.7 Å². The largest absolute Gasteiger partial charge is 0.376 e. The summed E-state index contributed by atoms with van der Waals surface area (Å²) in [6, 6.07) is 5.22. The predicted molar refractivity (Wildman–Crippen MR) is 167 cm³/mol. The van der Waals surface area contributed by atoms with Crippen LogP contribution >= 0.6 is 0 Å². The van der Waals surface area contributed by atoms with E-state index in [4.69, 9.17) is 4.99 Å². The van der Waals surface area contributed by atoms with E-state index in [1.807, 2.05) is 34.4 Å². The summed E-state index contributed by atoms with van der Waals surface area (Å²) in [5, 5.41) is 47.7. The Morgan fingerprint density at radius 3 is 2.69 bits per heavy atom. The molecule has 2 aromatic heterocycles. The standard InChI is InChI=1S/C31H41N13O/c1-2-23-14-36-44(16-23)31(9-10-32)21-41(22-31)26-4-3-11-43-28(26)38-29(39-43)37-25-15-35-42(17-25)18-27(45)40-12-5-24(6-13-40)34-20-30(19-33)7-8-30/h3-4,11,14-17,24,27-28,34,45H,2,5-9,12-13,18,20-22H2,1H3,(H2,37,38,39). The van der Waals surface area contributed by atoms with Crippen LogP contribution in [0.3, 0.4) is 0 Å². The van der Waals surface area contributed by atoms with Crippen LogP contribution in [0.4, 0.5) is 5.69 Å². The molecule has 3 fully saturated rings. The minimum atomic E-state index is -0.624. The summed E-state index contributed by atoms with van der Waals surface area (Å²) in [4.78, 5) is 9.29. The maximum absolute atomic E-state index is 10.9. The van der Waals surface area contributed by atoms with Gasteiger partial charge in [-0.05, 0) is 49.8 Å². The number of allylic oxidation sites excluding steroid dienone is 2. The molecule has 0 spiro atoms. The molecule has 0 radical (unpaired) electrons. The van der Waals surface area contributed by atoms with Crippen molar-refractivity contribution in [3.8, 4) is 12.1 Å². The number of aliphatic hydroxyl groups excluding tert-OH is 1. The molecule has 2 atom stereocenters. The topological polar surface area (TPSA) is 162 Å². The SMILES string of the molecule is CCc1cnn(C2(CC#N)CN(C3=CC=CN4NC(Nc5cnn(CC(O)N6CCC(NCC7(C#N)CC7)CC6)c5)=NC34)C2)c1. The first-order chi connectivity index (χ1) is 21.9. The second kappa shape index (κ2) is 11.9. The molecule has 1 aliphatic carbocycles. The molecule has 1 saturated carbocycles. The highest BCUT2D eigenvalue weighted by molar-refractivity contribution is 5.94. The monoisotopic (exact) mass is 611 g/mol. The van der Waals surface area contributed by atoms with Gasteiger partial charge in [0.15, 0.2) is 6.17 Å². The molecule has 2 saturated heterocycles. The molecular formula is C31H41N13O. The summed E-state index contributed by atoms with van der Waals surface area (Å²) in [5.41, 5.74) is 5.87. The van der Waals surface area contributed by atoms with E-state index in [9.17, 15) is 15.6 Å². The van der Waals surface area contributed by atoms with Gasteiger partial charge in [0.25, 0.3) is 0 Å². The molecule has 0 amide bonds. The molecule has 4 N–H and O–H groups in total. The minimum Gasteiger partial charge on any atom is -0.376 e. The van der Waals surface area contributed by atoms with Gasteiger partial charge in [-0.3, -0.25) is 24.7 Å². The zero-order valence-corrected chi connectivity index (χ0v) is 25.7. The van der Waals surface area contributed by atoms with Crippen LogP contribution in [-0.2, 0) is 18.5 Å². The van der Waals surface area contributed by atoms with Gasteiger partial charge in [0.05, 0.1) is 54.3 Å². The maximum atomic E-state index is 10.9. The first-order valence-corrected chi connectivity index (χ1v) is 15.9. The molecule has 2 aromatic rings. The second-order valence-corrected chi connectivity index (χ2v) is 13.0. The van der Waals surface area contributed by atoms with Crippen molar-refractivity contribution in [3.05, 3.63) is 54.4 Å². The number of guanidine groups is 1. The van der Waals surface area contributed by atoms with Crippen molar-refractivity contribution in [3.63, 3.8) is 0 Å². The summed E-state index contributed by atoms with van der Waals surface area (Å²) in [6.45, 7) is 6.26. The number of aliphatic hydroxyl groups is 1. The van der Waals surface area contributed by atoms with Gasteiger partial charge in [-0.25, -0.2) is 4.99 Å². The van der Waals surface area contributed by atoms with Crippen molar-refractivity contribution in [1.29, 1.82) is 10.5 Å². The fraction of sp³-hybridized carbons (Fsp3) is 0.581. The second-order valence-electron chi connectivity index (χ2n) is 13.0. The number of aliphatic imine (C=N–C) groups is 1. The Bertz CT molecular complexity index is 1560. The van der Waals surface area contributed by atoms with Crippen molar-refractivity contribution in [2.45, 2.75) is 76.0 Å². The summed E-state index contributed by atoms with van der Waals surface area (Å²) in [6.07, 6.45) is 18.0. The number of rotatable bonds is 11. The number of hydrogen-bond donors (Lipinski definition) is 4. The third kappa shape index (κ3) is 5.89. The maximum Gasteiger partial charge on any atom is 0.217 e. The van der Waals surface area contributed by atoms with Crippen molar-refractivity contribution in [2.75, 3.05) is 38.0 Å². The highest BCUT2D eigenvalue weighted by atomic mass is 16.3. The third-order valence-corrected chi connectivity index (χ3v) is 9.82. The van der Waals surface area contributed by atoms with Gasteiger partial charge in [0, 0.05) is 57.4 Å². The Morgan fingerprint density at radius 2 is 1.98 bits per heavy atom. The number of piperidine rings is 1. The number of nitriles is 2. The Labute approximate surface area is 263 Å². The van der Waals surface area contributed by atoms with E-state index in [2.05, 4.69) is 67.4 Å². The van der Waals surface area contributed by atoms with E-state index in [-0.39, 0.29) is 17.1 Å². The average molecular weight is 612 g/mol. The van der Waals surface area contributed by atoms with E-state index in [1.54, 1.807) is 10.9 Å². The Kier molecular flexibility index (Phi) is 7.73. The van der Waals surface area contributed by atoms with E-state index < -0.39 is 6.23 Å². The highest BCUT2D eigenvalue weighted by Gasteiger charge is 2.48. The Hall–Kier alpha value is -4.37. The summed E-state index contributed by atoms with van der Waals surface area (Å²) >= 11 is 0. The number of likely N-dealkylation sites (tertiary alicyclic amines) is 2. The van der Waals surface area contributed by atoms with Crippen LogP contribution in [0.15, 0.2) is 53.8 Å². The zero-order chi connectivity index (χ0) is 31.0. The highest BCUT2D eigenvalue weighted by Crippen LogP contribution is 2.44. The van der Waals surface area contributed by atoms with Crippen molar-refractivity contribution in [2.24, 2.45) is 10.4 Å². The van der Waals surface area contributed by atoms with Crippen LogP contribution < -0.4 is 16.1 Å². The molecule has 4 aliphatic heterocycles. The minimum absolute atomic E-state index is 0.132. The van der Waals surface area contributed by atoms with Gasteiger partial charge < -0.3 is 20.6 Å². The summed E-state index contributed by atoms with van der Waals surface area (Å²) in [5.74, 6) is 0.611. The first kappa shape index (κ1) is 29.3. The zero-order valence-electron chi connectivity index (χ0n) is 25.7. The molecule has 6 heterocycles. The third-order valence-electron chi connectivity index (χ3n) is 9.82. The Balaban J connectivity index is 0.913. The number of aromatic nitrogens is 4. The van der Waals surface area contributed by atoms with Crippen LogP contribution in [-0.4, -0.2) is 96.6 Å². The van der Waals surface area contributed by atoms with Crippen molar-refractivity contribution < 1.29 is 5.11 Å². The molecule has 14 nitrogen and oxygen atoms in total. The molecule has 0 bridgehead atoms. The molecule has 2 unspecified atom stereocenters. The summed E-state index contributed by atoms with van der Waals surface area (Å²) in [7, 11) is 0. The van der Waals surface area contributed by atoms with Gasteiger partial charge in [-0.1, -0.05) is 6.92 Å². The van der Waals surface area contributed by atoms with E-state index in [1.165, 1.54) is 5.56 Å². The quantitative estimate of drug-likeness (QED) is 0.290. The molecule has 45 heavy (non-hydrogen) atoms. The van der Waals surface area contributed by atoms with Crippen LogP contribution in [0.25, 0.3) is 0 Å². The number of hydrogen-bond acceptors (Lipinski definition) is 12. The van der Waals surface area contributed by atoms with Crippen LogP contribution in [0.5, 0.6) is 0 Å². The van der Waals surface area contributed by atoms with Gasteiger partial charge in [0.2, 0.25) is 5.96 Å². The molecule has 5 aliphatic rings. The number of fused-ring (bicyclic) bond motifs is 1. The summed E-state index contributed by atoms with van der Waals surface area (Å²) < 4.78 is 3.73. The average Bonchev–Trinajstić information content (AvgIpc) is 3.33. The molecule has 14 heteroatoms. The van der Waals surface area contributed by atoms with Crippen LogP contribution in [0.1, 0.15) is 44.6 Å².